The zero-order chi connectivity index (χ0) is 14.8. The average Bonchev–Trinajstić information content (AvgIpc) is 2.36. The molecular formula is C13H26N2O4. The third kappa shape index (κ3) is 7.79. The quantitative estimate of drug-likeness (QED) is 0.411. The number of unbranched alkanes of at least 4 members (excludes halogenated alkanes) is 1. The molecule has 19 heavy (non-hydrogen) atoms. The molecule has 0 radical (unpaired) electrons. The van der Waals surface area contributed by atoms with E-state index in [9.17, 15) is 9.59 Å². The Morgan fingerprint density at radius 2 is 2.00 bits per heavy atom. The molecule has 4 N–H and O–H groups in total. The highest BCUT2D eigenvalue weighted by atomic mass is 16.5. The number of ether oxygens (including phenoxy) is 1. The van der Waals surface area contributed by atoms with Crippen molar-refractivity contribution >= 4 is 11.9 Å². The molecule has 0 aliphatic rings. The van der Waals surface area contributed by atoms with E-state index in [1.54, 1.807) is 0 Å². The lowest BCUT2D eigenvalue weighted by atomic mass is 10.0. The first-order chi connectivity index (χ1) is 8.92. The molecule has 0 aliphatic heterocycles. The van der Waals surface area contributed by atoms with Gasteiger partial charge in [0.1, 0.15) is 12.1 Å². The van der Waals surface area contributed by atoms with E-state index in [2.05, 4.69) is 5.32 Å². The number of amides is 1. The Morgan fingerprint density at radius 1 is 1.37 bits per heavy atom. The fraction of sp³-hybridized carbons (Fsp3) is 0.846. The summed E-state index contributed by atoms with van der Waals surface area (Å²) in [6.07, 6.45) is 2.21. The first-order valence-electron chi connectivity index (χ1n) is 6.75. The second kappa shape index (κ2) is 9.75. The summed E-state index contributed by atoms with van der Waals surface area (Å²) in [7, 11) is 0. The van der Waals surface area contributed by atoms with E-state index in [1.807, 2.05) is 20.8 Å². The highest BCUT2D eigenvalue weighted by Gasteiger charge is 2.25. The van der Waals surface area contributed by atoms with Gasteiger partial charge in [0.05, 0.1) is 13.2 Å². The van der Waals surface area contributed by atoms with E-state index in [0.29, 0.717) is 13.0 Å². The smallest absolute Gasteiger partial charge is 0.328 e. The number of nitrogens with one attached hydrogen (secondary N) is 1. The van der Waals surface area contributed by atoms with E-state index in [4.69, 9.17) is 15.6 Å². The maximum absolute atomic E-state index is 11.9. The molecule has 0 saturated heterocycles. The van der Waals surface area contributed by atoms with Crippen LogP contribution < -0.4 is 11.1 Å². The second-order valence-corrected chi connectivity index (χ2v) is 5.00. The van der Waals surface area contributed by atoms with Gasteiger partial charge in [-0.1, -0.05) is 27.2 Å². The predicted molar refractivity (Wildman–Crippen MR) is 72.3 cm³/mol. The molecule has 0 aliphatic carbocycles. The highest BCUT2D eigenvalue weighted by molar-refractivity contribution is 5.87. The topological polar surface area (TPSA) is 102 Å². The van der Waals surface area contributed by atoms with Crippen molar-refractivity contribution in [2.45, 2.75) is 52.1 Å². The van der Waals surface area contributed by atoms with Crippen molar-refractivity contribution in [1.82, 2.24) is 5.32 Å². The van der Waals surface area contributed by atoms with E-state index < -0.39 is 30.6 Å². The van der Waals surface area contributed by atoms with Crippen molar-refractivity contribution in [3.05, 3.63) is 0 Å². The standard InChI is InChI=1S/C13H26N2O4/c1-4-5-6-19-13(18)11(7-9(2)3)15-12(17)10(14)8-16/h9-11,16H,4-8,14H2,1-3H3,(H,15,17)/t10?,11-/m0/s1. The van der Waals surface area contributed by atoms with Crippen molar-refractivity contribution in [2.75, 3.05) is 13.2 Å². The van der Waals surface area contributed by atoms with Gasteiger partial charge in [-0.3, -0.25) is 4.79 Å². The lowest BCUT2D eigenvalue weighted by Crippen LogP contribution is -2.50. The summed E-state index contributed by atoms with van der Waals surface area (Å²) in [5.74, 6) is -0.754. The zero-order valence-electron chi connectivity index (χ0n) is 12.0. The molecule has 0 spiro atoms. The fourth-order valence-corrected chi connectivity index (χ4v) is 1.46. The van der Waals surface area contributed by atoms with Gasteiger partial charge in [0.25, 0.3) is 0 Å². The van der Waals surface area contributed by atoms with E-state index in [-0.39, 0.29) is 5.92 Å². The number of hydrogen-bond donors (Lipinski definition) is 3. The summed E-state index contributed by atoms with van der Waals surface area (Å²) in [4.78, 5) is 23.5. The Kier molecular flexibility index (Phi) is 9.16. The summed E-state index contributed by atoms with van der Waals surface area (Å²) >= 11 is 0. The van der Waals surface area contributed by atoms with Gasteiger partial charge in [0.15, 0.2) is 0 Å². The molecular weight excluding hydrogens is 248 g/mol. The normalized spacial score (nSPS) is 14.0. The van der Waals surface area contributed by atoms with Gasteiger partial charge in [-0.05, 0) is 18.8 Å². The SMILES string of the molecule is CCCCOC(=O)[C@H](CC(C)C)NC(=O)C(N)CO. The zero-order valence-corrected chi connectivity index (χ0v) is 12.0. The van der Waals surface area contributed by atoms with Crippen LogP contribution in [0.15, 0.2) is 0 Å². The number of esters is 1. The summed E-state index contributed by atoms with van der Waals surface area (Å²) in [6, 6.07) is -1.72. The number of carbonyl (C=O) groups is 2. The minimum atomic E-state index is -1.02. The third-order valence-corrected chi connectivity index (χ3v) is 2.58. The van der Waals surface area contributed by atoms with Gasteiger partial charge < -0.3 is 20.9 Å². The largest absolute Gasteiger partial charge is 0.464 e. The summed E-state index contributed by atoms with van der Waals surface area (Å²) in [6.45, 7) is 5.80. The molecule has 0 aromatic rings. The van der Waals surface area contributed by atoms with Crippen LogP contribution in [0.2, 0.25) is 0 Å². The first-order valence-corrected chi connectivity index (χ1v) is 6.75. The average molecular weight is 274 g/mol. The van der Waals surface area contributed by atoms with Crippen LogP contribution in [0.5, 0.6) is 0 Å². The molecule has 0 saturated carbocycles. The van der Waals surface area contributed by atoms with Crippen molar-refractivity contribution in [3.63, 3.8) is 0 Å². The van der Waals surface area contributed by atoms with Crippen molar-refractivity contribution in [3.8, 4) is 0 Å². The minimum Gasteiger partial charge on any atom is -0.464 e. The van der Waals surface area contributed by atoms with Crippen LogP contribution in [0.25, 0.3) is 0 Å². The molecule has 6 nitrogen and oxygen atoms in total. The number of hydrogen-bond acceptors (Lipinski definition) is 5. The van der Waals surface area contributed by atoms with Gasteiger partial charge >= 0.3 is 5.97 Å². The summed E-state index contributed by atoms with van der Waals surface area (Å²) < 4.78 is 5.10. The van der Waals surface area contributed by atoms with Gasteiger partial charge in [-0.2, -0.15) is 0 Å². The Balaban J connectivity index is 4.44. The molecule has 112 valence electrons. The highest BCUT2D eigenvalue weighted by Crippen LogP contribution is 2.07. The Labute approximate surface area is 114 Å². The number of aliphatic hydroxyl groups is 1. The summed E-state index contributed by atoms with van der Waals surface area (Å²) in [5, 5.41) is 11.3. The monoisotopic (exact) mass is 274 g/mol. The lowest BCUT2D eigenvalue weighted by molar-refractivity contribution is -0.148. The molecule has 0 aromatic heterocycles. The van der Waals surface area contributed by atoms with E-state index in [0.717, 1.165) is 12.8 Å². The van der Waals surface area contributed by atoms with Crippen LogP contribution in [-0.2, 0) is 14.3 Å². The van der Waals surface area contributed by atoms with Gasteiger partial charge in [0, 0.05) is 0 Å². The predicted octanol–water partition coefficient (Wildman–Crippen LogP) is 0.180. The molecule has 1 amide bonds. The number of carbonyl (C=O) groups excluding carboxylic acids is 2. The van der Waals surface area contributed by atoms with Crippen LogP contribution in [0.1, 0.15) is 40.0 Å². The van der Waals surface area contributed by atoms with Crippen molar-refractivity contribution in [2.24, 2.45) is 11.7 Å². The molecule has 6 heteroatoms. The number of nitrogens with two attached hydrogens (primary N) is 1. The van der Waals surface area contributed by atoms with Crippen LogP contribution in [-0.4, -0.2) is 42.3 Å². The maximum atomic E-state index is 11.9. The molecule has 0 heterocycles. The molecule has 0 fully saturated rings. The van der Waals surface area contributed by atoms with Gasteiger partial charge in [0.2, 0.25) is 5.91 Å². The lowest BCUT2D eigenvalue weighted by Gasteiger charge is -2.20. The van der Waals surface area contributed by atoms with Crippen molar-refractivity contribution in [1.29, 1.82) is 0 Å². The Bertz CT molecular complexity index is 282. The third-order valence-electron chi connectivity index (χ3n) is 2.58. The fourth-order valence-electron chi connectivity index (χ4n) is 1.46. The second-order valence-electron chi connectivity index (χ2n) is 5.00. The Morgan fingerprint density at radius 3 is 2.47 bits per heavy atom. The Hall–Kier alpha value is -1.14. The van der Waals surface area contributed by atoms with Gasteiger partial charge in [-0.25, -0.2) is 4.79 Å². The molecule has 0 rings (SSSR count). The van der Waals surface area contributed by atoms with Gasteiger partial charge in [-0.15, -0.1) is 0 Å². The summed E-state index contributed by atoms with van der Waals surface area (Å²) in [5.41, 5.74) is 5.40. The van der Waals surface area contributed by atoms with Crippen LogP contribution in [0.4, 0.5) is 0 Å². The number of rotatable bonds is 9. The maximum Gasteiger partial charge on any atom is 0.328 e. The molecule has 0 aromatic carbocycles. The van der Waals surface area contributed by atoms with Crippen molar-refractivity contribution < 1.29 is 19.4 Å². The van der Waals surface area contributed by atoms with E-state index in [1.165, 1.54) is 0 Å². The molecule has 2 atom stereocenters. The van der Waals surface area contributed by atoms with E-state index >= 15 is 0 Å². The molecule has 1 unspecified atom stereocenters. The number of aliphatic hydroxyl groups excluding tert-OH is 1. The van der Waals surface area contributed by atoms with Crippen LogP contribution in [0.3, 0.4) is 0 Å². The molecule has 0 bridgehead atoms. The minimum absolute atomic E-state index is 0.231. The van der Waals surface area contributed by atoms with Crippen LogP contribution in [0, 0.1) is 5.92 Å². The van der Waals surface area contributed by atoms with Crippen LogP contribution >= 0.6 is 0 Å². The first kappa shape index (κ1) is 17.9.